The standard InChI is InChI=1S/C23H28N2O9S2/c1-23(2)22(27)21(17-12-15(14-24)7-8-19(17)33-23)25-10-9-16(13-20(25)26)18(34-36(4,30)31)6-5-11-32-35(3,28)29/h7-10,12-13,18,21-22,27H,5-6,11H2,1-4H3/t18?,21-,22+/m0/s1. The molecule has 3 atom stereocenters. The number of aliphatic hydroxyl groups excluding tert-OH is 1. The number of hydrogen-bond donors (Lipinski definition) is 1. The molecule has 2 heterocycles. The van der Waals surface area contributed by atoms with Crippen LogP contribution in [-0.4, -0.2) is 57.3 Å². The zero-order valence-electron chi connectivity index (χ0n) is 20.2. The van der Waals surface area contributed by atoms with Crippen molar-refractivity contribution in [3.8, 4) is 11.8 Å². The van der Waals surface area contributed by atoms with Crippen LogP contribution in [0.4, 0.5) is 0 Å². The molecule has 2 aromatic rings. The second kappa shape index (κ2) is 10.3. The number of hydrogen-bond acceptors (Lipinski definition) is 10. The first kappa shape index (κ1) is 27.8. The number of ether oxygens (including phenoxy) is 1. The van der Waals surface area contributed by atoms with Crippen LogP contribution < -0.4 is 10.3 Å². The highest BCUT2D eigenvalue weighted by atomic mass is 32.2. The van der Waals surface area contributed by atoms with E-state index in [1.54, 1.807) is 32.0 Å². The zero-order chi connectivity index (χ0) is 26.9. The smallest absolute Gasteiger partial charge is 0.264 e. The van der Waals surface area contributed by atoms with Gasteiger partial charge in [0.25, 0.3) is 25.8 Å². The molecule has 36 heavy (non-hydrogen) atoms. The lowest BCUT2D eigenvalue weighted by molar-refractivity contribution is -0.0643. The average molecular weight is 541 g/mol. The molecule has 0 amide bonds. The predicted molar refractivity (Wildman–Crippen MR) is 129 cm³/mol. The van der Waals surface area contributed by atoms with E-state index in [2.05, 4.69) is 0 Å². The maximum absolute atomic E-state index is 13.2. The van der Waals surface area contributed by atoms with Gasteiger partial charge >= 0.3 is 0 Å². The Morgan fingerprint density at radius 2 is 1.86 bits per heavy atom. The summed E-state index contributed by atoms with van der Waals surface area (Å²) in [5.74, 6) is 0.425. The number of aliphatic hydroxyl groups is 1. The third kappa shape index (κ3) is 6.71. The molecule has 3 rings (SSSR count). The first-order valence-electron chi connectivity index (χ1n) is 11.0. The van der Waals surface area contributed by atoms with Crippen molar-refractivity contribution in [3.63, 3.8) is 0 Å². The van der Waals surface area contributed by atoms with Gasteiger partial charge in [0.1, 0.15) is 23.6 Å². The van der Waals surface area contributed by atoms with E-state index in [-0.39, 0.29) is 25.0 Å². The van der Waals surface area contributed by atoms with E-state index < -0.39 is 49.6 Å². The molecule has 1 aliphatic rings. The van der Waals surface area contributed by atoms with Gasteiger partial charge in [-0.3, -0.25) is 13.2 Å². The average Bonchev–Trinajstić information content (AvgIpc) is 2.75. The molecule has 0 aliphatic carbocycles. The molecule has 196 valence electrons. The fourth-order valence-electron chi connectivity index (χ4n) is 4.03. The molecule has 0 bridgehead atoms. The second-order valence-corrected chi connectivity index (χ2v) is 12.4. The van der Waals surface area contributed by atoms with Gasteiger partial charge < -0.3 is 14.4 Å². The van der Waals surface area contributed by atoms with Crippen LogP contribution in [0.25, 0.3) is 0 Å². The van der Waals surface area contributed by atoms with E-state index in [1.165, 1.54) is 22.9 Å². The van der Waals surface area contributed by atoms with Crippen molar-refractivity contribution in [3.05, 3.63) is 63.6 Å². The van der Waals surface area contributed by atoms with Crippen molar-refractivity contribution in [1.82, 2.24) is 4.57 Å². The van der Waals surface area contributed by atoms with Crippen molar-refractivity contribution >= 4 is 20.2 Å². The SMILES string of the molecule is CC1(C)Oc2ccc(C#N)cc2[C@H](n2ccc(C(CCCOS(C)(=O)=O)OS(C)(=O)=O)cc2=O)[C@H]1O. The maximum Gasteiger partial charge on any atom is 0.264 e. The van der Waals surface area contributed by atoms with Crippen LogP contribution in [0.2, 0.25) is 0 Å². The van der Waals surface area contributed by atoms with Gasteiger partial charge in [0.05, 0.1) is 36.8 Å². The topological polar surface area (TPSA) is 162 Å². The minimum atomic E-state index is -3.91. The van der Waals surface area contributed by atoms with Crippen molar-refractivity contribution in [2.24, 2.45) is 0 Å². The van der Waals surface area contributed by atoms with Crippen LogP contribution in [0, 0.1) is 11.3 Å². The first-order chi connectivity index (χ1) is 16.6. The lowest BCUT2D eigenvalue weighted by Gasteiger charge is -2.42. The fraction of sp³-hybridized carbons (Fsp3) is 0.478. The molecule has 0 spiro atoms. The van der Waals surface area contributed by atoms with Crippen LogP contribution in [0.5, 0.6) is 5.75 Å². The molecule has 0 saturated carbocycles. The quantitative estimate of drug-likeness (QED) is 0.365. The Balaban J connectivity index is 1.98. The summed E-state index contributed by atoms with van der Waals surface area (Å²) in [7, 11) is -7.56. The number of benzene rings is 1. The molecule has 1 N–H and O–H groups in total. The Bertz CT molecular complexity index is 1440. The Labute approximate surface area is 210 Å². The number of aromatic nitrogens is 1. The van der Waals surface area contributed by atoms with E-state index in [9.17, 15) is 32.0 Å². The summed E-state index contributed by atoms with van der Waals surface area (Å²) < 4.78 is 63.0. The third-order valence-corrected chi connectivity index (χ3v) is 6.86. The summed E-state index contributed by atoms with van der Waals surface area (Å²) in [5, 5.41) is 20.4. The van der Waals surface area contributed by atoms with Crippen molar-refractivity contribution < 1.29 is 35.0 Å². The monoisotopic (exact) mass is 540 g/mol. The van der Waals surface area contributed by atoms with Crippen molar-refractivity contribution in [2.75, 3.05) is 19.1 Å². The number of nitriles is 1. The number of rotatable bonds is 9. The Kier molecular flexibility index (Phi) is 7.97. The van der Waals surface area contributed by atoms with E-state index in [4.69, 9.17) is 13.1 Å². The Morgan fingerprint density at radius 3 is 2.44 bits per heavy atom. The summed E-state index contributed by atoms with van der Waals surface area (Å²) in [6.07, 6.45) is 1.19. The van der Waals surface area contributed by atoms with Gasteiger partial charge in [0, 0.05) is 17.8 Å². The van der Waals surface area contributed by atoms with Gasteiger partial charge in [0.15, 0.2) is 0 Å². The van der Waals surface area contributed by atoms with Gasteiger partial charge in [-0.05, 0) is 56.5 Å². The third-order valence-electron chi connectivity index (χ3n) is 5.68. The van der Waals surface area contributed by atoms with E-state index in [1.807, 2.05) is 6.07 Å². The van der Waals surface area contributed by atoms with Crippen LogP contribution in [0.3, 0.4) is 0 Å². The number of pyridine rings is 1. The molecular formula is C23H28N2O9S2. The summed E-state index contributed by atoms with van der Waals surface area (Å²) >= 11 is 0. The molecule has 1 aromatic carbocycles. The van der Waals surface area contributed by atoms with Crippen molar-refractivity contribution in [2.45, 2.75) is 50.5 Å². The van der Waals surface area contributed by atoms with Crippen molar-refractivity contribution in [1.29, 1.82) is 5.26 Å². The molecule has 0 saturated heterocycles. The molecule has 0 fully saturated rings. The fourth-order valence-corrected chi connectivity index (χ4v) is 5.08. The zero-order valence-corrected chi connectivity index (χ0v) is 21.9. The molecule has 1 aliphatic heterocycles. The lowest BCUT2D eigenvalue weighted by atomic mass is 9.85. The normalized spacial score (nSPS) is 20.1. The predicted octanol–water partition coefficient (Wildman–Crippen LogP) is 1.61. The lowest BCUT2D eigenvalue weighted by Crippen LogP contribution is -2.52. The van der Waals surface area contributed by atoms with Gasteiger partial charge in [-0.2, -0.15) is 22.1 Å². The minimum absolute atomic E-state index is 0.0628. The largest absolute Gasteiger partial charge is 0.485 e. The summed E-state index contributed by atoms with van der Waals surface area (Å²) in [6, 6.07) is 8.60. The number of fused-ring (bicyclic) bond motifs is 1. The molecule has 11 nitrogen and oxygen atoms in total. The van der Waals surface area contributed by atoms with E-state index >= 15 is 0 Å². The highest BCUT2D eigenvalue weighted by molar-refractivity contribution is 7.86. The Hall–Kier alpha value is -2.76. The molecule has 1 aromatic heterocycles. The van der Waals surface area contributed by atoms with Crippen LogP contribution >= 0.6 is 0 Å². The molecule has 0 radical (unpaired) electrons. The van der Waals surface area contributed by atoms with E-state index in [0.29, 0.717) is 16.9 Å². The number of nitrogens with zero attached hydrogens (tertiary/aromatic N) is 2. The molecule has 1 unspecified atom stereocenters. The van der Waals surface area contributed by atoms with Gasteiger partial charge in [-0.15, -0.1) is 0 Å². The second-order valence-electron chi connectivity index (χ2n) is 9.12. The highest BCUT2D eigenvalue weighted by Gasteiger charge is 2.44. The molecular weight excluding hydrogens is 512 g/mol. The Morgan fingerprint density at radius 1 is 1.17 bits per heavy atom. The first-order valence-corrected chi connectivity index (χ1v) is 14.6. The minimum Gasteiger partial charge on any atom is -0.485 e. The van der Waals surface area contributed by atoms with Gasteiger partial charge in [-0.25, -0.2) is 0 Å². The van der Waals surface area contributed by atoms with Gasteiger partial charge in [0.2, 0.25) is 0 Å². The van der Waals surface area contributed by atoms with Crippen LogP contribution in [0.15, 0.2) is 41.3 Å². The van der Waals surface area contributed by atoms with E-state index in [0.717, 1.165) is 12.5 Å². The van der Waals surface area contributed by atoms with Crippen LogP contribution in [-0.2, 0) is 28.6 Å². The highest BCUT2D eigenvalue weighted by Crippen LogP contribution is 2.42. The molecule has 13 heteroatoms. The maximum atomic E-state index is 13.2. The summed E-state index contributed by atoms with van der Waals surface area (Å²) in [4.78, 5) is 13.2. The van der Waals surface area contributed by atoms with Gasteiger partial charge in [-0.1, -0.05) is 0 Å². The van der Waals surface area contributed by atoms with Crippen LogP contribution in [0.1, 0.15) is 55.5 Å². The summed E-state index contributed by atoms with van der Waals surface area (Å²) in [6.45, 7) is 3.18. The summed E-state index contributed by atoms with van der Waals surface area (Å²) in [5.41, 5.74) is -0.551.